The molecule has 1 rings (SSSR count). The summed E-state index contributed by atoms with van der Waals surface area (Å²) in [6.07, 6.45) is 2.13. The van der Waals surface area contributed by atoms with E-state index in [-0.39, 0.29) is 11.9 Å². The van der Waals surface area contributed by atoms with E-state index in [9.17, 15) is 4.39 Å². The first-order chi connectivity index (χ1) is 9.51. The van der Waals surface area contributed by atoms with Crippen molar-refractivity contribution in [3.05, 3.63) is 35.6 Å². The van der Waals surface area contributed by atoms with Crippen molar-refractivity contribution in [1.29, 1.82) is 0 Å². The first kappa shape index (κ1) is 17.5. The normalized spacial score (nSPS) is 16.1. The van der Waals surface area contributed by atoms with Crippen LogP contribution in [0.15, 0.2) is 24.3 Å². The van der Waals surface area contributed by atoms with E-state index in [1.165, 1.54) is 6.07 Å². The molecule has 2 nitrogen and oxygen atoms in total. The van der Waals surface area contributed by atoms with Gasteiger partial charge in [-0.3, -0.25) is 0 Å². The second kappa shape index (κ2) is 8.65. The molecule has 0 aliphatic carbocycles. The van der Waals surface area contributed by atoms with E-state index >= 15 is 0 Å². The number of nitrogens with zero attached hydrogens (tertiary/aromatic N) is 1. The molecule has 0 bridgehead atoms. The highest BCUT2D eigenvalue weighted by atomic mass is 32.2. The number of thioether (sulfide) groups is 1. The lowest BCUT2D eigenvalue weighted by atomic mass is 9.93. The third-order valence-corrected chi connectivity index (χ3v) is 4.67. The van der Waals surface area contributed by atoms with Crippen LogP contribution in [0.2, 0.25) is 0 Å². The summed E-state index contributed by atoms with van der Waals surface area (Å²) in [4.78, 5) is 2.35. The van der Waals surface area contributed by atoms with Crippen LogP contribution in [0.5, 0.6) is 0 Å². The quantitative estimate of drug-likeness (QED) is 0.792. The highest BCUT2D eigenvalue weighted by Crippen LogP contribution is 2.25. The Morgan fingerprint density at radius 3 is 2.50 bits per heavy atom. The molecule has 0 fully saturated rings. The standard InChI is InChI=1S/C16H27FN2S/c1-12(10-19(4)13(2)11-20-5)16(18-3)14-8-6-7-9-15(14)17/h6-9,12-13,16,18H,10-11H2,1-5H3. The molecule has 0 saturated carbocycles. The lowest BCUT2D eigenvalue weighted by Gasteiger charge is -2.31. The van der Waals surface area contributed by atoms with Crippen molar-refractivity contribution in [2.24, 2.45) is 5.92 Å². The molecule has 3 atom stereocenters. The Morgan fingerprint density at radius 1 is 1.30 bits per heavy atom. The number of rotatable bonds is 8. The van der Waals surface area contributed by atoms with Crippen LogP contribution < -0.4 is 5.32 Å². The number of hydrogen-bond acceptors (Lipinski definition) is 3. The van der Waals surface area contributed by atoms with Gasteiger partial charge in [-0.1, -0.05) is 25.1 Å². The summed E-state index contributed by atoms with van der Waals surface area (Å²) in [7, 11) is 4.05. The summed E-state index contributed by atoms with van der Waals surface area (Å²) in [6.45, 7) is 5.36. The van der Waals surface area contributed by atoms with Crippen LogP contribution in [0.4, 0.5) is 4.39 Å². The number of hydrogen-bond donors (Lipinski definition) is 1. The zero-order valence-electron chi connectivity index (χ0n) is 13.2. The fourth-order valence-electron chi connectivity index (χ4n) is 2.58. The molecule has 1 N–H and O–H groups in total. The van der Waals surface area contributed by atoms with E-state index in [0.29, 0.717) is 12.0 Å². The Hall–Kier alpha value is -0.580. The first-order valence-electron chi connectivity index (χ1n) is 7.12. The maximum atomic E-state index is 13.9. The van der Waals surface area contributed by atoms with Crippen LogP contribution in [0, 0.1) is 11.7 Å². The van der Waals surface area contributed by atoms with Gasteiger partial charge < -0.3 is 10.2 Å². The largest absolute Gasteiger partial charge is 0.313 e. The van der Waals surface area contributed by atoms with Gasteiger partial charge in [-0.25, -0.2) is 4.39 Å². The molecule has 0 saturated heterocycles. The van der Waals surface area contributed by atoms with Crippen LogP contribution in [0.1, 0.15) is 25.5 Å². The van der Waals surface area contributed by atoms with E-state index in [2.05, 4.69) is 37.4 Å². The molecule has 3 unspecified atom stereocenters. The minimum atomic E-state index is -0.126. The highest BCUT2D eigenvalue weighted by molar-refractivity contribution is 7.98. The molecule has 0 aliphatic heterocycles. The average Bonchev–Trinajstić information content (AvgIpc) is 2.42. The number of halogens is 1. The van der Waals surface area contributed by atoms with Gasteiger partial charge in [0.2, 0.25) is 0 Å². The second-order valence-electron chi connectivity index (χ2n) is 5.51. The fourth-order valence-corrected chi connectivity index (χ4v) is 3.32. The molecule has 0 aromatic heterocycles. The van der Waals surface area contributed by atoms with E-state index in [1.807, 2.05) is 30.9 Å². The van der Waals surface area contributed by atoms with Gasteiger partial charge in [-0.2, -0.15) is 11.8 Å². The van der Waals surface area contributed by atoms with E-state index in [4.69, 9.17) is 0 Å². The van der Waals surface area contributed by atoms with Gasteiger partial charge in [0.15, 0.2) is 0 Å². The highest BCUT2D eigenvalue weighted by Gasteiger charge is 2.22. The summed E-state index contributed by atoms with van der Waals surface area (Å²) < 4.78 is 13.9. The Labute approximate surface area is 127 Å². The molecule has 114 valence electrons. The smallest absolute Gasteiger partial charge is 0.127 e. The third kappa shape index (κ3) is 4.76. The summed E-state index contributed by atoms with van der Waals surface area (Å²) in [5.74, 6) is 1.33. The minimum absolute atomic E-state index is 0.0418. The van der Waals surface area contributed by atoms with Crippen LogP contribution in [0.25, 0.3) is 0 Å². The molecule has 0 heterocycles. The average molecular weight is 298 g/mol. The Kier molecular flexibility index (Phi) is 7.56. The van der Waals surface area contributed by atoms with Gasteiger partial charge >= 0.3 is 0 Å². The monoisotopic (exact) mass is 298 g/mol. The molecular weight excluding hydrogens is 271 g/mol. The van der Waals surface area contributed by atoms with Gasteiger partial charge in [0.25, 0.3) is 0 Å². The summed E-state index contributed by atoms with van der Waals surface area (Å²) in [5.41, 5.74) is 0.758. The van der Waals surface area contributed by atoms with Gasteiger partial charge in [0.05, 0.1) is 0 Å². The summed E-state index contributed by atoms with van der Waals surface area (Å²) >= 11 is 1.86. The van der Waals surface area contributed by atoms with Crippen LogP contribution in [-0.2, 0) is 0 Å². The minimum Gasteiger partial charge on any atom is -0.313 e. The van der Waals surface area contributed by atoms with Crippen molar-refractivity contribution >= 4 is 11.8 Å². The van der Waals surface area contributed by atoms with Crippen LogP contribution in [-0.4, -0.2) is 43.6 Å². The van der Waals surface area contributed by atoms with E-state index in [1.54, 1.807) is 6.07 Å². The molecule has 20 heavy (non-hydrogen) atoms. The first-order valence-corrected chi connectivity index (χ1v) is 8.51. The lowest BCUT2D eigenvalue weighted by molar-refractivity contribution is 0.214. The van der Waals surface area contributed by atoms with Crippen molar-refractivity contribution in [1.82, 2.24) is 10.2 Å². The van der Waals surface area contributed by atoms with Crippen LogP contribution >= 0.6 is 11.8 Å². The van der Waals surface area contributed by atoms with Crippen molar-refractivity contribution in [2.75, 3.05) is 32.6 Å². The van der Waals surface area contributed by atoms with Gasteiger partial charge in [-0.05, 0) is 39.3 Å². The summed E-state index contributed by atoms with van der Waals surface area (Å²) in [5, 5.41) is 3.26. The van der Waals surface area contributed by atoms with Gasteiger partial charge in [0.1, 0.15) is 5.82 Å². The predicted octanol–water partition coefficient (Wildman–Crippen LogP) is 3.41. The summed E-state index contributed by atoms with van der Waals surface area (Å²) in [6, 6.07) is 7.62. The van der Waals surface area contributed by atoms with E-state index in [0.717, 1.165) is 17.9 Å². The molecule has 1 aromatic carbocycles. The molecule has 4 heteroatoms. The maximum Gasteiger partial charge on any atom is 0.127 e. The van der Waals surface area contributed by atoms with Gasteiger partial charge in [0, 0.05) is 29.9 Å². The van der Waals surface area contributed by atoms with Crippen molar-refractivity contribution < 1.29 is 4.39 Å². The number of nitrogens with one attached hydrogen (secondary N) is 1. The predicted molar refractivity (Wildman–Crippen MR) is 87.8 cm³/mol. The second-order valence-corrected chi connectivity index (χ2v) is 6.42. The van der Waals surface area contributed by atoms with Crippen molar-refractivity contribution in [2.45, 2.75) is 25.9 Å². The Morgan fingerprint density at radius 2 is 1.95 bits per heavy atom. The molecule has 0 spiro atoms. The SMILES string of the molecule is CNC(c1ccccc1F)C(C)CN(C)C(C)CSC. The lowest BCUT2D eigenvalue weighted by Crippen LogP contribution is -2.38. The van der Waals surface area contributed by atoms with Crippen molar-refractivity contribution in [3.63, 3.8) is 0 Å². The van der Waals surface area contributed by atoms with Crippen molar-refractivity contribution in [3.8, 4) is 0 Å². The fraction of sp³-hybridized carbons (Fsp3) is 0.625. The number of benzene rings is 1. The Balaban J connectivity index is 2.73. The Bertz CT molecular complexity index is 400. The molecule has 1 aromatic rings. The molecule has 0 aliphatic rings. The zero-order valence-corrected chi connectivity index (χ0v) is 14.0. The van der Waals surface area contributed by atoms with Gasteiger partial charge in [-0.15, -0.1) is 0 Å². The molecule has 0 radical (unpaired) electrons. The third-order valence-electron chi connectivity index (χ3n) is 3.86. The van der Waals surface area contributed by atoms with E-state index < -0.39 is 0 Å². The topological polar surface area (TPSA) is 15.3 Å². The zero-order chi connectivity index (χ0) is 15.1. The molecular formula is C16H27FN2S. The maximum absolute atomic E-state index is 13.9. The molecule has 0 amide bonds. The van der Waals surface area contributed by atoms with Crippen LogP contribution in [0.3, 0.4) is 0 Å².